The van der Waals surface area contributed by atoms with Crippen molar-refractivity contribution in [1.82, 2.24) is 10.3 Å². The fourth-order valence-corrected chi connectivity index (χ4v) is 2.75. The summed E-state index contributed by atoms with van der Waals surface area (Å²) in [4.78, 5) is 46.4. The van der Waals surface area contributed by atoms with Crippen LogP contribution in [0.5, 0.6) is 5.75 Å². The average Bonchev–Trinajstić information content (AvgIpc) is 2.80. The number of nitrogens with zero attached hydrogens (tertiary/aromatic N) is 3. The summed E-state index contributed by atoms with van der Waals surface area (Å²) in [5.41, 5.74) is 6.56. The van der Waals surface area contributed by atoms with Gasteiger partial charge in [0.1, 0.15) is 5.75 Å². The van der Waals surface area contributed by atoms with Crippen LogP contribution in [0.1, 0.15) is 35.2 Å². The number of primary amides is 1. The molecular weight excluding hydrogens is 465 g/mol. The van der Waals surface area contributed by atoms with Gasteiger partial charge in [0.05, 0.1) is 30.7 Å². The molecule has 0 saturated heterocycles. The third-order valence-corrected chi connectivity index (χ3v) is 4.48. The van der Waals surface area contributed by atoms with Crippen LogP contribution in [0.2, 0.25) is 0 Å². The van der Waals surface area contributed by atoms with Crippen molar-refractivity contribution < 1.29 is 58.6 Å². The van der Waals surface area contributed by atoms with Crippen LogP contribution >= 0.6 is 0 Å². The number of nitrogens with two attached hydrogens (primary N) is 1. The van der Waals surface area contributed by atoms with Gasteiger partial charge in [-0.25, -0.2) is 0 Å². The number of rotatable bonds is 13. The second-order valence-corrected chi connectivity index (χ2v) is 7.48. The maximum atomic E-state index is 12.7. The van der Waals surface area contributed by atoms with E-state index < -0.39 is 23.8 Å². The summed E-state index contributed by atoms with van der Waals surface area (Å²) >= 11 is 0. The van der Waals surface area contributed by atoms with Gasteiger partial charge in [0.25, 0.3) is 0 Å². The van der Waals surface area contributed by atoms with Crippen molar-refractivity contribution in [2.45, 2.75) is 25.3 Å². The van der Waals surface area contributed by atoms with Gasteiger partial charge in [-0.3, -0.25) is 19.4 Å². The van der Waals surface area contributed by atoms with Gasteiger partial charge in [-0.15, -0.1) is 5.11 Å². The molecule has 3 N–H and O–H groups in total. The molecule has 0 aliphatic heterocycles. The number of hydrogen-bond acceptors (Lipinski definition) is 8. The number of amides is 2. The largest absolute Gasteiger partial charge is 1.00 e. The molecule has 0 saturated carbocycles. The van der Waals surface area contributed by atoms with E-state index in [0.717, 1.165) is 0 Å². The van der Waals surface area contributed by atoms with Gasteiger partial charge < -0.3 is 25.7 Å². The fourth-order valence-electron chi connectivity index (χ4n) is 2.75. The van der Waals surface area contributed by atoms with Crippen LogP contribution in [-0.2, 0) is 14.4 Å². The predicted octanol–water partition coefficient (Wildman–Crippen LogP) is -2.25. The molecule has 0 radical (unpaired) electrons. The third kappa shape index (κ3) is 10.7. The van der Waals surface area contributed by atoms with Crippen molar-refractivity contribution in [3.05, 3.63) is 59.7 Å². The van der Waals surface area contributed by atoms with E-state index in [4.69, 9.17) is 10.5 Å². The van der Waals surface area contributed by atoms with Crippen LogP contribution in [0.15, 0.2) is 58.9 Å². The fraction of sp³-hybridized carbons (Fsp3) is 0.304. The van der Waals surface area contributed by atoms with Crippen molar-refractivity contribution in [3.63, 3.8) is 0 Å². The van der Waals surface area contributed by atoms with E-state index in [-0.39, 0.29) is 61.2 Å². The molecule has 0 bridgehead atoms. The number of ether oxygens (including phenoxy) is 1. The molecule has 180 valence electrons. The molecule has 0 fully saturated rings. The Hall–Kier alpha value is -3.28. The van der Waals surface area contributed by atoms with E-state index in [9.17, 15) is 24.3 Å². The minimum absolute atomic E-state index is 0. The predicted molar refractivity (Wildman–Crippen MR) is 120 cm³/mol. The summed E-state index contributed by atoms with van der Waals surface area (Å²) < 4.78 is 5.48. The molecule has 0 aliphatic carbocycles. The normalized spacial score (nSPS) is 11.3. The first kappa shape index (κ1) is 29.8. The van der Waals surface area contributed by atoms with Gasteiger partial charge in [-0.2, -0.15) is 0 Å². The van der Waals surface area contributed by atoms with E-state index in [2.05, 4.69) is 15.7 Å². The SMILES string of the molecule is CN(C)/N=N/c1ccc(C(=O)c2ccc(OCCC(=O)NC(CCC(N)=O)C(=O)[O-])cc2)cc1.[Na+]. The second-order valence-electron chi connectivity index (χ2n) is 7.48. The molecule has 11 nitrogen and oxygen atoms in total. The van der Waals surface area contributed by atoms with E-state index in [1.165, 1.54) is 0 Å². The maximum Gasteiger partial charge on any atom is 1.00 e. The number of hydrogen-bond donors (Lipinski definition) is 2. The first-order valence-electron chi connectivity index (χ1n) is 10.4. The minimum Gasteiger partial charge on any atom is -0.548 e. The molecule has 12 heteroatoms. The second kappa shape index (κ2) is 14.9. The van der Waals surface area contributed by atoms with Crippen molar-refractivity contribution in [2.75, 3.05) is 20.7 Å². The molecule has 2 rings (SSSR count). The smallest absolute Gasteiger partial charge is 0.548 e. The zero-order valence-corrected chi connectivity index (χ0v) is 21.9. The maximum absolute atomic E-state index is 12.7. The van der Waals surface area contributed by atoms with E-state index in [1.54, 1.807) is 67.6 Å². The summed E-state index contributed by atoms with van der Waals surface area (Å²) in [6, 6.07) is 11.8. The number of carbonyl (C=O) groups is 4. The van der Waals surface area contributed by atoms with Gasteiger partial charge in [0.2, 0.25) is 11.8 Å². The zero-order chi connectivity index (χ0) is 25.1. The standard InChI is InChI=1S/C23H27N5O6.Na/c1-28(2)27-26-17-7-3-15(4-8-17)22(31)16-5-9-18(10-6-16)34-14-13-21(30)25-19(23(32)33)11-12-20(24)29;/h3-10,19H,11-14H2,1-2H3,(H2,24,29)(H,25,30)(H,32,33);/q;+1/p-1/b27-26+;. The van der Waals surface area contributed by atoms with E-state index in [1.807, 2.05) is 0 Å². The summed E-state index contributed by atoms with van der Waals surface area (Å²) in [6.45, 7) is -0.0162. The Morgan fingerprint density at radius 1 is 1.00 bits per heavy atom. The molecule has 0 heterocycles. The van der Waals surface area contributed by atoms with E-state index >= 15 is 0 Å². The van der Waals surface area contributed by atoms with Crippen LogP contribution in [0.3, 0.4) is 0 Å². The Bertz CT molecular complexity index is 1040. The molecule has 2 amide bonds. The average molecular weight is 491 g/mol. The van der Waals surface area contributed by atoms with Crippen molar-refractivity contribution in [1.29, 1.82) is 0 Å². The first-order chi connectivity index (χ1) is 16.2. The molecule has 2 aromatic carbocycles. The number of nitrogens with one attached hydrogen (secondary N) is 1. The monoisotopic (exact) mass is 491 g/mol. The Balaban J connectivity index is 0.00000612. The van der Waals surface area contributed by atoms with Crippen LogP contribution in [0.4, 0.5) is 5.69 Å². The van der Waals surface area contributed by atoms with Crippen molar-refractivity contribution >= 4 is 29.3 Å². The van der Waals surface area contributed by atoms with Gasteiger partial charge in [0.15, 0.2) is 5.78 Å². The van der Waals surface area contributed by atoms with Crippen LogP contribution in [0, 0.1) is 0 Å². The summed E-state index contributed by atoms with van der Waals surface area (Å²) in [6.07, 6.45) is -0.451. The molecule has 2 aromatic rings. The summed E-state index contributed by atoms with van der Waals surface area (Å²) in [7, 11) is 3.51. The Morgan fingerprint density at radius 3 is 2.09 bits per heavy atom. The molecule has 1 atom stereocenters. The Kier molecular flexibility index (Phi) is 12.6. The zero-order valence-electron chi connectivity index (χ0n) is 19.9. The number of carbonyl (C=O) groups excluding carboxylic acids is 4. The van der Waals surface area contributed by atoms with E-state index in [0.29, 0.717) is 22.6 Å². The van der Waals surface area contributed by atoms with Crippen molar-refractivity contribution in [3.8, 4) is 5.75 Å². The molecule has 0 aliphatic rings. The number of aliphatic carboxylic acids is 1. The third-order valence-electron chi connectivity index (χ3n) is 4.48. The molecule has 1 unspecified atom stereocenters. The Labute approximate surface area is 225 Å². The number of benzene rings is 2. The van der Waals surface area contributed by atoms with Crippen LogP contribution in [-0.4, -0.2) is 55.3 Å². The number of carboxylic acid groups (broad SMARTS) is 1. The van der Waals surface area contributed by atoms with Crippen LogP contribution < -0.4 is 50.5 Å². The Morgan fingerprint density at radius 2 is 1.57 bits per heavy atom. The minimum atomic E-state index is -1.50. The first-order valence-corrected chi connectivity index (χ1v) is 10.4. The summed E-state index contributed by atoms with van der Waals surface area (Å²) in [5, 5.41) is 22.8. The molecule has 0 aromatic heterocycles. The molecule has 35 heavy (non-hydrogen) atoms. The van der Waals surface area contributed by atoms with Crippen molar-refractivity contribution in [2.24, 2.45) is 16.1 Å². The molecular formula is C23H26N5NaO6. The quantitative estimate of drug-likeness (QED) is 0.138. The number of ketones is 1. The topological polar surface area (TPSA) is 167 Å². The number of carboxylic acids is 1. The van der Waals surface area contributed by atoms with Gasteiger partial charge >= 0.3 is 29.6 Å². The van der Waals surface area contributed by atoms with Gasteiger partial charge in [-0.1, -0.05) is 5.22 Å². The van der Waals surface area contributed by atoms with Gasteiger partial charge in [-0.05, 0) is 55.0 Å². The molecule has 0 spiro atoms. The summed E-state index contributed by atoms with van der Waals surface area (Å²) in [5.74, 6) is -2.48. The van der Waals surface area contributed by atoms with Crippen LogP contribution in [0.25, 0.3) is 0 Å². The van der Waals surface area contributed by atoms with Gasteiger partial charge in [0, 0.05) is 31.6 Å².